The van der Waals surface area contributed by atoms with Crippen molar-refractivity contribution in [2.24, 2.45) is 13.0 Å². The van der Waals surface area contributed by atoms with Gasteiger partial charge in [0.25, 0.3) is 5.91 Å². The molecule has 0 bridgehead atoms. The first-order chi connectivity index (χ1) is 13.6. The van der Waals surface area contributed by atoms with E-state index in [9.17, 15) is 9.59 Å². The van der Waals surface area contributed by atoms with Crippen molar-refractivity contribution in [2.45, 2.75) is 32.1 Å². The molecule has 7 heteroatoms. The van der Waals surface area contributed by atoms with Crippen LogP contribution in [0, 0.1) is 5.92 Å². The molecule has 1 fully saturated rings. The summed E-state index contributed by atoms with van der Waals surface area (Å²) in [6.07, 6.45) is 5.03. The van der Waals surface area contributed by atoms with E-state index in [-0.39, 0.29) is 17.7 Å². The molecule has 1 saturated carbocycles. The molecular weight excluding hydrogens is 372 g/mol. The van der Waals surface area contributed by atoms with E-state index in [0.29, 0.717) is 17.8 Å². The smallest absolute Gasteiger partial charge is 0.265 e. The van der Waals surface area contributed by atoms with Gasteiger partial charge in [-0.3, -0.25) is 9.59 Å². The zero-order valence-corrected chi connectivity index (χ0v) is 16.7. The van der Waals surface area contributed by atoms with Gasteiger partial charge in [0, 0.05) is 31.6 Å². The third kappa shape index (κ3) is 3.94. The quantitative estimate of drug-likeness (QED) is 0.666. The van der Waals surface area contributed by atoms with E-state index in [1.807, 2.05) is 41.3 Å². The fourth-order valence-corrected chi connectivity index (χ4v) is 4.40. The SMILES string of the molecule is Cn1c(CCNC(=O)C2CCCC2)nc2cc(NC(=O)c3cccs3)ccc21. The minimum absolute atomic E-state index is 0.111. The Bertz CT molecular complexity index is 987. The number of nitrogens with one attached hydrogen (secondary N) is 2. The summed E-state index contributed by atoms with van der Waals surface area (Å²) in [7, 11) is 1.98. The molecule has 0 saturated heterocycles. The van der Waals surface area contributed by atoms with E-state index in [1.165, 1.54) is 11.3 Å². The van der Waals surface area contributed by atoms with Crippen molar-refractivity contribution in [3.63, 3.8) is 0 Å². The summed E-state index contributed by atoms with van der Waals surface area (Å²) in [5.41, 5.74) is 2.57. The van der Waals surface area contributed by atoms with Gasteiger partial charge in [-0.2, -0.15) is 0 Å². The Kier molecular flexibility index (Phi) is 5.43. The van der Waals surface area contributed by atoms with Crippen LogP contribution in [0.4, 0.5) is 5.69 Å². The van der Waals surface area contributed by atoms with E-state index in [2.05, 4.69) is 10.6 Å². The molecule has 0 atom stereocenters. The average Bonchev–Trinajstić information content (AvgIpc) is 3.44. The Balaban J connectivity index is 1.41. The van der Waals surface area contributed by atoms with Gasteiger partial charge in [0.1, 0.15) is 5.82 Å². The number of hydrogen-bond acceptors (Lipinski definition) is 4. The number of hydrogen-bond donors (Lipinski definition) is 2. The lowest BCUT2D eigenvalue weighted by molar-refractivity contribution is -0.124. The number of carbonyl (C=O) groups is 2. The predicted molar refractivity (Wildman–Crippen MR) is 112 cm³/mol. The summed E-state index contributed by atoms with van der Waals surface area (Å²) in [6, 6.07) is 9.41. The van der Waals surface area contributed by atoms with E-state index in [1.54, 1.807) is 6.07 Å². The summed E-state index contributed by atoms with van der Waals surface area (Å²) < 4.78 is 2.04. The van der Waals surface area contributed by atoms with E-state index in [4.69, 9.17) is 4.98 Å². The van der Waals surface area contributed by atoms with Crippen molar-refractivity contribution in [1.29, 1.82) is 0 Å². The molecule has 2 heterocycles. The molecule has 2 aromatic heterocycles. The monoisotopic (exact) mass is 396 g/mol. The normalized spacial score (nSPS) is 14.5. The summed E-state index contributed by atoms with van der Waals surface area (Å²) in [5, 5.41) is 7.85. The Morgan fingerprint density at radius 2 is 2.07 bits per heavy atom. The second-order valence-electron chi connectivity index (χ2n) is 7.24. The highest BCUT2D eigenvalue weighted by Crippen LogP contribution is 2.25. The molecule has 0 radical (unpaired) electrons. The molecule has 0 unspecified atom stereocenters. The van der Waals surface area contributed by atoms with Crippen LogP contribution in [0.1, 0.15) is 41.2 Å². The van der Waals surface area contributed by atoms with Crippen LogP contribution in [-0.2, 0) is 18.3 Å². The van der Waals surface area contributed by atoms with Gasteiger partial charge in [-0.1, -0.05) is 18.9 Å². The minimum Gasteiger partial charge on any atom is -0.355 e. The van der Waals surface area contributed by atoms with Crippen molar-refractivity contribution in [1.82, 2.24) is 14.9 Å². The zero-order chi connectivity index (χ0) is 19.5. The van der Waals surface area contributed by atoms with Crippen LogP contribution >= 0.6 is 11.3 Å². The number of carbonyl (C=O) groups excluding carboxylic acids is 2. The Morgan fingerprint density at radius 3 is 2.82 bits per heavy atom. The van der Waals surface area contributed by atoms with Crippen LogP contribution in [0.5, 0.6) is 0 Å². The van der Waals surface area contributed by atoms with Crippen LogP contribution < -0.4 is 10.6 Å². The Hall–Kier alpha value is -2.67. The lowest BCUT2D eigenvalue weighted by atomic mass is 10.1. The average molecular weight is 397 g/mol. The van der Waals surface area contributed by atoms with Crippen LogP contribution in [0.15, 0.2) is 35.7 Å². The summed E-state index contributed by atoms with van der Waals surface area (Å²) in [5.74, 6) is 1.17. The number of rotatable bonds is 6. The molecule has 6 nitrogen and oxygen atoms in total. The first-order valence-corrected chi connectivity index (χ1v) is 10.6. The van der Waals surface area contributed by atoms with Gasteiger partial charge >= 0.3 is 0 Å². The molecular formula is C21H24N4O2S. The van der Waals surface area contributed by atoms with Gasteiger partial charge in [-0.25, -0.2) is 4.98 Å². The standard InChI is InChI=1S/C21H24N4O2S/c1-25-17-9-8-15(23-21(27)18-7-4-12-28-18)13-16(17)24-19(25)10-11-22-20(26)14-5-2-3-6-14/h4,7-9,12-14H,2-3,5-6,10-11H2,1H3,(H,22,26)(H,23,27). The third-order valence-electron chi connectivity index (χ3n) is 5.35. The third-order valence-corrected chi connectivity index (χ3v) is 6.22. The fourth-order valence-electron chi connectivity index (χ4n) is 3.78. The number of aromatic nitrogens is 2. The molecule has 4 rings (SSSR count). The topological polar surface area (TPSA) is 76.0 Å². The van der Waals surface area contributed by atoms with Gasteiger partial charge in [0.15, 0.2) is 0 Å². The van der Waals surface area contributed by atoms with Crippen LogP contribution in [0.2, 0.25) is 0 Å². The van der Waals surface area contributed by atoms with E-state index < -0.39 is 0 Å². The van der Waals surface area contributed by atoms with Gasteiger partial charge in [0.05, 0.1) is 15.9 Å². The zero-order valence-electron chi connectivity index (χ0n) is 15.9. The lowest BCUT2D eigenvalue weighted by Crippen LogP contribution is -2.31. The largest absolute Gasteiger partial charge is 0.355 e. The molecule has 28 heavy (non-hydrogen) atoms. The summed E-state index contributed by atoms with van der Waals surface area (Å²) in [6.45, 7) is 0.592. The Labute approximate surface area is 168 Å². The molecule has 1 aromatic carbocycles. The van der Waals surface area contributed by atoms with Crippen molar-refractivity contribution >= 4 is 39.9 Å². The number of aryl methyl sites for hydroxylation is 1. The molecule has 1 aliphatic rings. The second-order valence-corrected chi connectivity index (χ2v) is 8.19. The molecule has 0 aliphatic heterocycles. The van der Waals surface area contributed by atoms with Gasteiger partial charge < -0.3 is 15.2 Å². The summed E-state index contributed by atoms with van der Waals surface area (Å²) >= 11 is 1.41. The van der Waals surface area contributed by atoms with Crippen molar-refractivity contribution in [3.05, 3.63) is 46.4 Å². The van der Waals surface area contributed by atoms with Crippen molar-refractivity contribution in [2.75, 3.05) is 11.9 Å². The van der Waals surface area contributed by atoms with Crippen LogP contribution in [0.25, 0.3) is 11.0 Å². The molecule has 0 spiro atoms. The number of nitrogens with zero attached hydrogens (tertiary/aromatic N) is 2. The maximum absolute atomic E-state index is 12.2. The molecule has 2 amide bonds. The fraction of sp³-hybridized carbons (Fsp3) is 0.381. The van der Waals surface area contributed by atoms with Crippen molar-refractivity contribution in [3.8, 4) is 0 Å². The predicted octanol–water partition coefficient (Wildman–Crippen LogP) is 3.74. The van der Waals surface area contributed by atoms with Crippen LogP contribution in [-0.4, -0.2) is 27.9 Å². The Morgan fingerprint density at radius 1 is 1.25 bits per heavy atom. The van der Waals surface area contributed by atoms with Crippen LogP contribution in [0.3, 0.4) is 0 Å². The molecule has 146 valence electrons. The highest BCUT2D eigenvalue weighted by Gasteiger charge is 2.22. The van der Waals surface area contributed by atoms with E-state index in [0.717, 1.165) is 48.2 Å². The lowest BCUT2D eigenvalue weighted by Gasteiger charge is -2.10. The number of thiophene rings is 1. The maximum Gasteiger partial charge on any atom is 0.265 e. The molecule has 3 aromatic rings. The van der Waals surface area contributed by atoms with Gasteiger partial charge in [-0.15, -0.1) is 11.3 Å². The first kappa shape index (κ1) is 18.7. The number of anilines is 1. The molecule has 1 aliphatic carbocycles. The number of amides is 2. The number of imidazole rings is 1. The second kappa shape index (κ2) is 8.14. The number of benzene rings is 1. The van der Waals surface area contributed by atoms with Gasteiger partial charge in [-0.05, 0) is 42.5 Å². The molecule has 2 N–H and O–H groups in total. The van der Waals surface area contributed by atoms with Crippen molar-refractivity contribution < 1.29 is 9.59 Å². The first-order valence-electron chi connectivity index (χ1n) is 9.70. The summed E-state index contributed by atoms with van der Waals surface area (Å²) in [4.78, 5) is 29.8. The number of fused-ring (bicyclic) bond motifs is 1. The maximum atomic E-state index is 12.2. The minimum atomic E-state index is -0.111. The highest BCUT2D eigenvalue weighted by atomic mass is 32.1. The highest BCUT2D eigenvalue weighted by molar-refractivity contribution is 7.12. The van der Waals surface area contributed by atoms with Gasteiger partial charge in [0.2, 0.25) is 5.91 Å². The van der Waals surface area contributed by atoms with E-state index >= 15 is 0 Å².